The van der Waals surface area contributed by atoms with Crippen molar-refractivity contribution in [1.82, 2.24) is 20.1 Å². The Hall–Kier alpha value is -5.35. The minimum Gasteiger partial charge on any atom is -0.342 e. The van der Waals surface area contributed by atoms with Gasteiger partial charge < -0.3 is 25.8 Å². The predicted octanol–water partition coefficient (Wildman–Crippen LogP) is 5.38. The van der Waals surface area contributed by atoms with Crippen LogP contribution in [-0.2, 0) is 51.5 Å². The SMILES string of the molecule is CCC1(C(=O)N(CC(=O)Nc2ccc3c(c2)C[C@H](C(=O)Nc2ccccn2)C3)Cc2ccccc2CNC)CCN(C(=O)Cc2ccccc2)CC1. The molecular formula is C42H48N6O4. The second-order valence-corrected chi connectivity index (χ2v) is 14.0. The Bertz CT molecular complexity index is 1870. The van der Waals surface area contributed by atoms with Crippen molar-refractivity contribution < 1.29 is 19.2 Å². The van der Waals surface area contributed by atoms with Gasteiger partial charge in [0, 0.05) is 44.0 Å². The van der Waals surface area contributed by atoms with Gasteiger partial charge in [-0.2, -0.15) is 0 Å². The number of pyridine rings is 1. The van der Waals surface area contributed by atoms with Crippen molar-refractivity contribution in [2.24, 2.45) is 11.3 Å². The number of nitrogens with one attached hydrogen (secondary N) is 3. The monoisotopic (exact) mass is 700 g/mol. The Morgan fingerprint density at radius 3 is 2.27 bits per heavy atom. The molecule has 4 amide bonds. The number of benzene rings is 3. The smallest absolute Gasteiger partial charge is 0.244 e. The predicted molar refractivity (Wildman–Crippen MR) is 202 cm³/mol. The fraction of sp³-hybridized carbons (Fsp3) is 0.357. The van der Waals surface area contributed by atoms with Crippen LogP contribution in [-0.4, -0.2) is 65.1 Å². The lowest BCUT2D eigenvalue weighted by molar-refractivity contribution is -0.150. The molecule has 1 aliphatic carbocycles. The van der Waals surface area contributed by atoms with Gasteiger partial charge >= 0.3 is 0 Å². The van der Waals surface area contributed by atoms with Crippen molar-refractivity contribution in [3.63, 3.8) is 0 Å². The molecule has 270 valence electrons. The summed E-state index contributed by atoms with van der Waals surface area (Å²) in [6.07, 6.45) is 4.86. The largest absolute Gasteiger partial charge is 0.342 e. The molecular weight excluding hydrogens is 652 g/mol. The van der Waals surface area contributed by atoms with Gasteiger partial charge in [-0.25, -0.2) is 4.98 Å². The minimum absolute atomic E-state index is 0.0599. The van der Waals surface area contributed by atoms with E-state index in [1.54, 1.807) is 23.2 Å². The van der Waals surface area contributed by atoms with E-state index in [1.807, 2.05) is 97.7 Å². The van der Waals surface area contributed by atoms with Crippen LogP contribution in [0.4, 0.5) is 11.5 Å². The highest BCUT2D eigenvalue weighted by atomic mass is 16.2. The maximum atomic E-state index is 14.6. The number of carbonyl (C=O) groups is 4. The molecule has 3 aromatic carbocycles. The lowest BCUT2D eigenvalue weighted by atomic mass is 9.74. The number of likely N-dealkylation sites (tertiary alicyclic amines) is 1. The third-order valence-electron chi connectivity index (χ3n) is 10.6. The molecule has 10 nitrogen and oxygen atoms in total. The third-order valence-corrected chi connectivity index (χ3v) is 10.6. The van der Waals surface area contributed by atoms with Gasteiger partial charge in [0.15, 0.2) is 0 Å². The lowest BCUT2D eigenvalue weighted by Crippen LogP contribution is -2.52. The first-order valence-electron chi connectivity index (χ1n) is 18.2. The Morgan fingerprint density at radius 1 is 0.846 bits per heavy atom. The first-order chi connectivity index (χ1) is 25.3. The first-order valence-corrected chi connectivity index (χ1v) is 18.2. The van der Waals surface area contributed by atoms with E-state index in [4.69, 9.17) is 0 Å². The topological polar surface area (TPSA) is 124 Å². The number of amides is 4. The molecule has 0 radical (unpaired) electrons. The normalized spacial score (nSPS) is 16.1. The maximum absolute atomic E-state index is 14.6. The molecule has 6 rings (SSSR count). The number of fused-ring (bicyclic) bond motifs is 1. The zero-order valence-electron chi connectivity index (χ0n) is 30.1. The van der Waals surface area contributed by atoms with E-state index >= 15 is 0 Å². The first kappa shape index (κ1) is 36.4. The molecule has 1 fully saturated rings. The van der Waals surface area contributed by atoms with Gasteiger partial charge in [0.25, 0.3) is 0 Å². The average Bonchev–Trinajstić information content (AvgIpc) is 3.60. The number of aromatic nitrogens is 1. The summed E-state index contributed by atoms with van der Waals surface area (Å²) >= 11 is 0. The molecule has 0 saturated carbocycles. The minimum atomic E-state index is -0.680. The van der Waals surface area contributed by atoms with Crippen LogP contribution in [0, 0.1) is 11.3 Å². The van der Waals surface area contributed by atoms with Gasteiger partial charge in [-0.15, -0.1) is 0 Å². The number of hydrogen-bond acceptors (Lipinski definition) is 6. The van der Waals surface area contributed by atoms with Gasteiger partial charge in [-0.05, 0) is 91.2 Å². The molecule has 1 atom stereocenters. The van der Waals surface area contributed by atoms with E-state index in [1.165, 1.54) is 0 Å². The van der Waals surface area contributed by atoms with Crippen LogP contribution in [0.25, 0.3) is 0 Å². The molecule has 0 unspecified atom stereocenters. The Labute approximate surface area is 306 Å². The summed E-state index contributed by atoms with van der Waals surface area (Å²) in [7, 11) is 1.89. The van der Waals surface area contributed by atoms with Crippen molar-refractivity contribution in [3.8, 4) is 0 Å². The molecule has 1 aromatic heterocycles. The van der Waals surface area contributed by atoms with E-state index < -0.39 is 5.41 Å². The second-order valence-electron chi connectivity index (χ2n) is 14.0. The van der Waals surface area contributed by atoms with Crippen LogP contribution in [0.3, 0.4) is 0 Å². The summed E-state index contributed by atoms with van der Waals surface area (Å²) in [4.78, 5) is 62.3. The number of hydrogen-bond donors (Lipinski definition) is 3. The summed E-state index contributed by atoms with van der Waals surface area (Å²) in [5.41, 5.74) is 5.07. The van der Waals surface area contributed by atoms with Crippen LogP contribution in [0.2, 0.25) is 0 Å². The van der Waals surface area contributed by atoms with Crippen LogP contribution >= 0.6 is 0 Å². The Kier molecular flexibility index (Phi) is 11.8. The van der Waals surface area contributed by atoms with Crippen LogP contribution in [0.1, 0.15) is 54.0 Å². The van der Waals surface area contributed by atoms with Crippen LogP contribution in [0.15, 0.2) is 97.2 Å². The summed E-state index contributed by atoms with van der Waals surface area (Å²) in [6, 6.07) is 28.9. The summed E-state index contributed by atoms with van der Waals surface area (Å²) in [5.74, 6) is -0.0616. The van der Waals surface area contributed by atoms with Crippen LogP contribution < -0.4 is 16.0 Å². The van der Waals surface area contributed by atoms with Gasteiger partial charge in [0.2, 0.25) is 23.6 Å². The standard InChI is InChI=1S/C42H48N6O4/c1-3-42(18-21-47(22-19-42)39(50)23-30-11-5-4-6-12-30)41(52)48(28-33-14-8-7-13-32(33)27-43-2)29-38(49)45-36-17-16-31-24-35(25-34(31)26-36)40(51)46-37-15-9-10-20-44-37/h4-17,20,26,35,43H,3,18-19,21-25,27-29H2,1-2H3,(H,45,49)(H,44,46,51)/t35-/m1/s1. The Morgan fingerprint density at radius 2 is 1.56 bits per heavy atom. The third kappa shape index (κ3) is 8.74. The average molecular weight is 701 g/mol. The fourth-order valence-electron chi connectivity index (χ4n) is 7.52. The van der Waals surface area contributed by atoms with Crippen molar-refractivity contribution in [2.75, 3.05) is 37.3 Å². The molecule has 10 heteroatoms. The second kappa shape index (κ2) is 16.8. The highest BCUT2D eigenvalue weighted by Crippen LogP contribution is 2.38. The maximum Gasteiger partial charge on any atom is 0.244 e. The molecule has 0 bridgehead atoms. The Balaban J connectivity index is 1.14. The number of carbonyl (C=O) groups excluding carboxylic acids is 4. The van der Waals surface area contributed by atoms with E-state index in [0.717, 1.165) is 27.8 Å². The summed E-state index contributed by atoms with van der Waals surface area (Å²) in [5, 5.41) is 9.15. The number of piperidine rings is 1. The van der Waals surface area contributed by atoms with Gasteiger partial charge in [-0.3, -0.25) is 19.2 Å². The van der Waals surface area contributed by atoms with Crippen molar-refractivity contribution in [1.29, 1.82) is 0 Å². The summed E-state index contributed by atoms with van der Waals surface area (Å²) < 4.78 is 0. The molecule has 52 heavy (non-hydrogen) atoms. The zero-order chi connectivity index (χ0) is 36.5. The van der Waals surface area contributed by atoms with E-state index in [2.05, 4.69) is 20.9 Å². The quantitative estimate of drug-likeness (QED) is 0.172. The van der Waals surface area contributed by atoms with E-state index in [-0.39, 0.29) is 36.1 Å². The highest BCUT2D eigenvalue weighted by molar-refractivity contribution is 5.96. The van der Waals surface area contributed by atoms with Crippen LogP contribution in [0.5, 0.6) is 0 Å². The van der Waals surface area contributed by atoms with Gasteiger partial charge in [0.1, 0.15) is 12.4 Å². The molecule has 0 spiro atoms. The number of nitrogens with zero attached hydrogens (tertiary/aromatic N) is 3. The van der Waals surface area contributed by atoms with E-state index in [9.17, 15) is 19.2 Å². The van der Waals surface area contributed by atoms with Gasteiger partial charge in [-0.1, -0.05) is 73.7 Å². The van der Waals surface area contributed by atoms with Crippen molar-refractivity contribution in [3.05, 3.63) is 125 Å². The summed E-state index contributed by atoms with van der Waals surface area (Å²) in [6.45, 7) is 3.84. The molecule has 4 aromatic rings. The van der Waals surface area contributed by atoms with Crippen molar-refractivity contribution >= 4 is 35.1 Å². The molecule has 2 aliphatic rings. The van der Waals surface area contributed by atoms with E-state index in [0.29, 0.717) is 76.2 Å². The number of anilines is 2. The van der Waals surface area contributed by atoms with Gasteiger partial charge in [0.05, 0.1) is 11.8 Å². The molecule has 1 aliphatic heterocycles. The molecule has 3 N–H and O–H groups in total. The fourth-order valence-corrected chi connectivity index (χ4v) is 7.52. The lowest BCUT2D eigenvalue weighted by Gasteiger charge is -2.43. The molecule has 2 heterocycles. The molecule has 1 saturated heterocycles. The zero-order valence-corrected chi connectivity index (χ0v) is 30.1. The van der Waals surface area contributed by atoms with Crippen molar-refractivity contribution in [2.45, 2.75) is 58.5 Å². The highest BCUT2D eigenvalue weighted by Gasteiger charge is 2.43. The number of rotatable bonds is 13.